The summed E-state index contributed by atoms with van der Waals surface area (Å²) in [7, 11) is 0. The molecular weight excluding hydrogens is 468 g/mol. The third kappa shape index (κ3) is 3.34. The number of amides is 1. The molecule has 0 bridgehead atoms. The molecule has 5 heterocycles. The Kier molecular flexibility index (Phi) is 4.64. The summed E-state index contributed by atoms with van der Waals surface area (Å²) in [6, 6.07) is 10.6. The van der Waals surface area contributed by atoms with E-state index in [4.69, 9.17) is 22.1 Å². The molecule has 5 aromatic rings. The first kappa shape index (κ1) is 21.0. The van der Waals surface area contributed by atoms with Gasteiger partial charge in [-0.05, 0) is 36.8 Å². The lowest BCUT2D eigenvalue weighted by Crippen LogP contribution is -2.32. The number of hydrogen-bond donors (Lipinski definition) is 2. The number of rotatable bonds is 4. The maximum atomic E-state index is 13.1. The van der Waals surface area contributed by atoms with Gasteiger partial charge in [0.1, 0.15) is 28.5 Å². The second-order valence-corrected chi connectivity index (χ2v) is 8.56. The fourth-order valence-electron chi connectivity index (χ4n) is 4.18. The van der Waals surface area contributed by atoms with Crippen LogP contribution >= 0.6 is 11.6 Å². The van der Waals surface area contributed by atoms with Crippen molar-refractivity contribution in [2.24, 2.45) is 0 Å². The van der Waals surface area contributed by atoms with Crippen molar-refractivity contribution in [3.8, 4) is 23.1 Å². The number of nitrogens with zero attached hydrogens (tertiary/aromatic N) is 6. The minimum absolute atomic E-state index is 0.169. The summed E-state index contributed by atoms with van der Waals surface area (Å²) in [6.07, 6.45) is 8.33. The number of hydrogen-bond acceptors (Lipinski definition) is 8. The molecule has 4 aromatic heterocycles. The van der Waals surface area contributed by atoms with Gasteiger partial charge in [0.2, 0.25) is 11.6 Å². The Hall–Kier alpha value is -4.57. The monoisotopic (exact) mass is 484 g/mol. The number of anilines is 2. The Morgan fingerprint density at radius 1 is 1.11 bits per heavy atom. The molecule has 1 unspecified atom stereocenters. The van der Waals surface area contributed by atoms with Crippen molar-refractivity contribution < 1.29 is 9.53 Å². The van der Waals surface area contributed by atoms with Gasteiger partial charge in [-0.25, -0.2) is 19.9 Å². The van der Waals surface area contributed by atoms with E-state index in [2.05, 4.69) is 30.2 Å². The van der Waals surface area contributed by atoms with E-state index in [0.717, 1.165) is 5.56 Å². The molecule has 1 amide bonds. The summed E-state index contributed by atoms with van der Waals surface area (Å²) in [6.45, 7) is 1.78. The van der Waals surface area contributed by atoms with Crippen LogP contribution in [0.1, 0.15) is 18.1 Å². The lowest BCUT2D eigenvalue weighted by molar-refractivity contribution is -0.119. The van der Waals surface area contributed by atoms with Gasteiger partial charge in [-0.15, -0.1) is 0 Å². The number of carbonyl (C=O) groups excluding carboxylic acids is 1. The van der Waals surface area contributed by atoms with Crippen LogP contribution in [0.2, 0.25) is 5.02 Å². The molecule has 10 nitrogen and oxygen atoms in total. The number of pyridine rings is 1. The Labute approximate surface area is 203 Å². The maximum absolute atomic E-state index is 13.1. The van der Waals surface area contributed by atoms with E-state index in [1.54, 1.807) is 78.7 Å². The van der Waals surface area contributed by atoms with Crippen molar-refractivity contribution in [3.05, 3.63) is 83.5 Å². The minimum atomic E-state index is -1.07. The molecule has 0 radical (unpaired) electrons. The highest BCUT2D eigenvalue weighted by molar-refractivity contribution is 6.30. The molecule has 172 valence electrons. The summed E-state index contributed by atoms with van der Waals surface area (Å²) in [4.78, 5) is 35.2. The molecule has 1 aliphatic rings. The van der Waals surface area contributed by atoms with Gasteiger partial charge >= 0.3 is 0 Å². The molecule has 3 N–H and O–H groups in total. The Bertz CT molecular complexity index is 1600. The van der Waals surface area contributed by atoms with Crippen LogP contribution < -0.4 is 15.8 Å². The minimum Gasteiger partial charge on any atom is -0.434 e. The van der Waals surface area contributed by atoms with Crippen molar-refractivity contribution in [2.75, 3.05) is 11.1 Å². The maximum Gasteiger partial charge on any atom is 0.264 e. The van der Waals surface area contributed by atoms with Gasteiger partial charge in [0, 0.05) is 29.8 Å². The summed E-state index contributed by atoms with van der Waals surface area (Å²) >= 11 is 6.04. The number of benzene rings is 1. The average molecular weight is 485 g/mol. The summed E-state index contributed by atoms with van der Waals surface area (Å²) in [5, 5.41) is 3.42. The number of imidazole rings is 1. The second-order valence-electron chi connectivity index (χ2n) is 8.12. The quantitative estimate of drug-likeness (QED) is 0.392. The standard InChI is InChI=1S/C24H17ClN8O2/c1-24(13-4-6-14(25)7-5-13)17-18(26)30-19(31-20(17)32-23(24)34)16-12-33-10-9-28-21(33)22(29-16)35-15-3-2-8-27-11-15/h2-12H,1H3,(H3,26,30,31,32,34). The fourth-order valence-corrected chi connectivity index (χ4v) is 4.30. The van der Waals surface area contributed by atoms with E-state index < -0.39 is 5.41 Å². The van der Waals surface area contributed by atoms with E-state index in [1.807, 2.05) is 0 Å². The molecule has 1 aliphatic heterocycles. The number of nitrogens with two attached hydrogens (primary N) is 1. The SMILES string of the molecule is CC1(c2ccc(Cl)cc2)C(=O)Nc2nc(-c3cn4ccnc4c(Oc4cccnc4)n3)nc(N)c21. The van der Waals surface area contributed by atoms with Crippen molar-refractivity contribution in [1.29, 1.82) is 0 Å². The Morgan fingerprint density at radius 3 is 2.71 bits per heavy atom. The van der Waals surface area contributed by atoms with Crippen LogP contribution in [-0.2, 0) is 10.2 Å². The van der Waals surface area contributed by atoms with Crippen LogP contribution in [0.5, 0.6) is 11.6 Å². The largest absolute Gasteiger partial charge is 0.434 e. The summed E-state index contributed by atoms with van der Waals surface area (Å²) in [5.74, 6) is 1.22. The van der Waals surface area contributed by atoms with Crippen LogP contribution in [-0.4, -0.2) is 35.2 Å². The molecule has 0 spiro atoms. The van der Waals surface area contributed by atoms with E-state index in [0.29, 0.717) is 33.5 Å². The molecule has 11 heteroatoms. The molecule has 35 heavy (non-hydrogen) atoms. The molecule has 1 atom stereocenters. The highest BCUT2D eigenvalue weighted by atomic mass is 35.5. The fraction of sp³-hybridized carbons (Fsp3) is 0.0833. The number of aromatic nitrogens is 6. The number of carbonyl (C=O) groups is 1. The second kappa shape index (κ2) is 7.74. The molecule has 6 rings (SSSR count). The Morgan fingerprint density at radius 2 is 1.94 bits per heavy atom. The first-order chi connectivity index (χ1) is 16.9. The molecule has 0 saturated carbocycles. The average Bonchev–Trinajstić information content (AvgIpc) is 3.43. The third-order valence-electron chi connectivity index (χ3n) is 5.97. The van der Waals surface area contributed by atoms with Gasteiger partial charge in [0.25, 0.3) is 5.88 Å². The topological polar surface area (TPSA) is 133 Å². The highest BCUT2D eigenvalue weighted by Crippen LogP contribution is 2.45. The number of nitrogens with one attached hydrogen (secondary N) is 1. The normalized spacial score (nSPS) is 16.8. The van der Waals surface area contributed by atoms with E-state index in [9.17, 15) is 4.79 Å². The zero-order valence-electron chi connectivity index (χ0n) is 18.3. The number of halogens is 1. The van der Waals surface area contributed by atoms with Crippen molar-refractivity contribution in [2.45, 2.75) is 12.3 Å². The number of nitrogen functional groups attached to an aromatic ring is 1. The van der Waals surface area contributed by atoms with Gasteiger partial charge in [-0.1, -0.05) is 23.7 Å². The van der Waals surface area contributed by atoms with E-state index in [1.165, 1.54) is 0 Å². The Balaban J connectivity index is 1.46. The van der Waals surface area contributed by atoms with Crippen LogP contribution in [0.4, 0.5) is 11.6 Å². The predicted molar refractivity (Wildman–Crippen MR) is 129 cm³/mol. The van der Waals surface area contributed by atoms with Gasteiger partial charge in [-0.3, -0.25) is 9.78 Å². The molecule has 1 aromatic carbocycles. The van der Waals surface area contributed by atoms with Gasteiger partial charge in [0.15, 0.2) is 5.82 Å². The molecule has 0 fully saturated rings. The third-order valence-corrected chi connectivity index (χ3v) is 6.22. The molecule has 0 saturated heterocycles. The number of fused-ring (bicyclic) bond motifs is 2. The first-order valence-electron chi connectivity index (χ1n) is 10.6. The van der Waals surface area contributed by atoms with Gasteiger partial charge < -0.3 is 20.2 Å². The van der Waals surface area contributed by atoms with E-state index >= 15 is 0 Å². The smallest absolute Gasteiger partial charge is 0.264 e. The molecular formula is C24H17ClN8O2. The van der Waals surface area contributed by atoms with Gasteiger partial charge in [-0.2, -0.15) is 0 Å². The predicted octanol–water partition coefficient (Wildman–Crippen LogP) is 3.87. The zero-order valence-corrected chi connectivity index (χ0v) is 19.1. The summed E-state index contributed by atoms with van der Waals surface area (Å²) in [5.41, 5.74) is 7.47. The highest BCUT2D eigenvalue weighted by Gasteiger charge is 2.47. The summed E-state index contributed by atoms with van der Waals surface area (Å²) < 4.78 is 7.68. The zero-order chi connectivity index (χ0) is 24.2. The lowest BCUT2D eigenvalue weighted by Gasteiger charge is -2.23. The lowest BCUT2D eigenvalue weighted by atomic mass is 9.78. The number of ether oxygens (including phenoxy) is 1. The van der Waals surface area contributed by atoms with Crippen LogP contribution in [0.25, 0.3) is 17.2 Å². The molecule has 0 aliphatic carbocycles. The van der Waals surface area contributed by atoms with Crippen molar-refractivity contribution >= 4 is 34.8 Å². The first-order valence-corrected chi connectivity index (χ1v) is 11.0. The van der Waals surface area contributed by atoms with Crippen LogP contribution in [0.3, 0.4) is 0 Å². The van der Waals surface area contributed by atoms with Crippen LogP contribution in [0.15, 0.2) is 67.4 Å². The van der Waals surface area contributed by atoms with E-state index in [-0.39, 0.29) is 23.4 Å². The van der Waals surface area contributed by atoms with Crippen molar-refractivity contribution in [1.82, 2.24) is 29.3 Å². The van der Waals surface area contributed by atoms with Crippen molar-refractivity contribution in [3.63, 3.8) is 0 Å². The van der Waals surface area contributed by atoms with Gasteiger partial charge in [0.05, 0.1) is 11.8 Å². The van der Waals surface area contributed by atoms with Crippen LogP contribution in [0, 0.1) is 0 Å².